The van der Waals surface area contributed by atoms with Crippen molar-refractivity contribution < 1.29 is 0 Å². The third-order valence-electron chi connectivity index (χ3n) is 3.43. The van der Waals surface area contributed by atoms with Crippen LogP contribution in [0.15, 0.2) is 18.3 Å². The minimum absolute atomic E-state index is 0.511. The Bertz CT molecular complexity index is 372. The number of pyridine rings is 1. The summed E-state index contributed by atoms with van der Waals surface area (Å²) in [6.07, 6.45) is 4.69. The second kappa shape index (κ2) is 6.19. The zero-order chi connectivity index (χ0) is 13.0. The van der Waals surface area contributed by atoms with E-state index in [0.717, 1.165) is 19.0 Å². The van der Waals surface area contributed by atoms with E-state index in [1.54, 1.807) is 0 Å². The molecule has 0 saturated heterocycles. The van der Waals surface area contributed by atoms with Gasteiger partial charge in [-0.2, -0.15) is 0 Å². The summed E-state index contributed by atoms with van der Waals surface area (Å²) in [5.41, 5.74) is 1.31. The molecule has 1 fully saturated rings. The Hall–Kier alpha value is -1.09. The van der Waals surface area contributed by atoms with E-state index < -0.39 is 0 Å². The maximum Gasteiger partial charge on any atom is 0.133 e. The van der Waals surface area contributed by atoms with Crippen LogP contribution in [0.1, 0.15) is 39.2 Å². The average molecular weight is 247 g/mol. The Morgan fingerprint density at radius 1 is 1.44 bits per heavy atom. The monoisotopic (exact) mass is 247 g/mol. The van der Waals surface area contributed by atoms with Gasteiger partial charge in [-0.15, -0.1) is 0 Å². The molecule has 0 radical (unpaired) electrons. The van der Waals surface area contributed by atoms with Crippen molar-refractivity contribution in [2.45, 2.75) is 46.2 Å². The number of nitrogens with one attached hydrogen (secondary N) is 1. The highest BCUT2D eigenvalue weighted by atomic mass is 15.2. The molecule has 3 heteroatoms. The summed E-state index contributed by atoms with van der Waals surface area (Å²) < 4.78 is 0. The largest absolute Gasteiger partial charge is 0.356 e. The molecule has 18 heavy (non-hydrogen) atoms. The van der Waals surface area contributed by atoms with E-state index in [4.69, 9.17) is 0 Å². The van der Waals surface area contributed by atoms with Gasteiger partial charge in [-0.1, -0.05) is 19.9 Å². The van der Waals surface area contributed by atoms with Gasteiger partial charge < -0.3 is 10.2 Å². The van der Waals surface area contributed by atoms with Crippen LogP contribution < -0.4 is 10.2 Å². The molecular weight excluding hydrogens is 222 g/mol. The van der Waals surface area contributed by atoms with Gasteiger partial charge in [0.2, 0.25) is 0 Å². The molecule has 1 N–H and O–H groups in total. The van der Waals surface area contributed by atoms with E-state index in [1.807, 2.05) is 12.3 Å². The van der Waals surface area contributed by atoms with Crippen LogP contribution in [-0.4, -0.2) is 24.1 Å². The van der Waals surface area contributed by atoms with Gasteiger partial charge in [0.05, 0.1) is 0 Å². The maximum atomic E-state index is 4.59. The number of hydrogen-bond donors (Lipinski definition) is 1. The van der Waals surface area contributed by atoms with Crippen LogP contribution in [0.3, 0.4) is 0 Å². The molecule has 0 spiro atoms. The molecule has 3 nitrogen and oxygen atoms in total. The van der Waals surface area contributed by atoms with Crippen LogP contribution in [0, 0.1) is 5.92 Å². The molecule has 0 atom stereocenters. The van der Waals surface area contributed by atoms with Crippen molar-refractivity contribution in [3.8, 4) is 0 Å². The third-order valence-corrected chi connectivity index (χ3v) is 3.43. The van der Waals surface area contributed by atoms with Crippen LogP contribution >= 0.6 is 0 Å². The fourth-order valence-electron chi connectivity index (χ4n) is 2.14. The predicted molar refractivity (Wildman–Crippen MR) is 76.8 cm³/mol. The maximum absolute atomic E-state index is 4.59. The van der Waals surface area contributed by atoms with Crippen molar-refractivity contribution in [3.05, 3.63) is 23.9 Å². The molecule has 1 heterocycles. The van der Waals surface area contributed by atoms with Crippen molar-refractivity contribution in [1.29, 1.82) is 0 Å². The Morgan fingerprint density at radius 3 is 2.83 bits per heavy atom. The summed E-state index contributed by atoms with van der Waals surface area (Å²) in [7, 11) is 0. The lowest BCUT2D eigenvalue weighted by molar-refractivity contribution is 0.586. The highest BCUT2D eigenvalue weighted by Gasteiger charge is 2.25. The van der Waals surface area contributed by atoms with Gasteiger partial charge in [0, 0.05) is 37.4 Å². The summed E-state index contributed by atoms with van der Waals surface area (Å²) in [5.74, 6) is 2.07. The van der Waals surface area contributed by atoms with E-state index in [-0.39, 0.29) is 0 Å². The molecule has 1 aliphatic carbocycles. The number of anilines is 1. The van der Waals surface area contributed by atoms with Gasteiger partial charge in [0.1, 0.15) is 5.82 Å². The van der Waals surface area contributed by atoms with E-state index >= 15 is 0 Å². The van der Waals surface area contributed by atoms with Gasteiger partial charge in [0.25, 0.3) is 0 Å². The Balaban J connectivity index is 2.08. The van der Waals surface area contributed by atoms with E-state index in [2.05, 4.69) is 42.0 Å². The standard InChI is InChI=1S/C15H25N3/c1-4-18(11-13-7-8-13)15-14(6-5-9-16-15)10-17-12(2)3/h5-6,9,12-13,17H,4,7-8,10-11H2,1-3H3. The lowest BCUT2D eigenvalue weighted by Crippen LogP contribution is -2.29. The predicted octanol–water partition coefficient (Wildman–Crippen LogP) is 2.82. The van der Waals surface area contributed by atoms with Gasteiger partial charge in [-0.3, -0.25) is 0 Å². The van der Waals surface area contributed by atoms with Crippen LogP contribution in [-0.2, 0) is 6.54 Å². The van der Waals surface area contributed by atoms with E-state index in [1.165, 1.54) is 30.8 Å². The summed E-state index contributed by atoms with van der Waals surface area (Å²) in [6, 6.07) is 4.73. The minimum Gasteiger partial charge on any atom is -0.356 e. The lowest BCUT2D eigenvalue weighted by atomic mass is 10.2. The number of aromatic nitrogens is 1. The molecule has 2 rings (SSSR count). The number of nitrogens with zero attached hydrogens (tertiary/aromatic N) is 2. The lowest BCUT2D eigenvalue weighted by Gasteiger charge is -2.24. The molecule has 0 bridgehead atoms. The number of hydrogen-bond acceptors (Lipinski definition) is 3. The SMILES string of the molecule is CCN(CC1CC1)c1ncccc1CNC(C)C. The van der Waals surface area contributed by atoms with E-state index in [0.29, 0.717) is 6.04 Å². The van der Waals surface area contributed by atoms with Gasteiger partial charge >= 0.3 is 0 Å². The van der Waals surface area contributed by atoms with Crippen molar-refractivity contribution >= 4 is 5.82 Å². The average Bonchev–Trinajstić information content (AvgIpc) is 3.18. The fourth-order valence-corrected chi connectivity index (χ4v) is 2.14. The zero-order valence-electron chi connectivity index (χ0n) is 11.8. The second-order valence-corrected chi connectivity index (χ2v) is 5.50. The summed E-state index contributed by atoms with van der Waals surface area (Å²) in [5, 5.41) is 3.48. The van der Waals surface area contributed by atoms with Gasteiger partial charge in [0.15, 0.2) is 0 Å². The second-order valence-electron chi connectivity index (χ2n) is 5.50. The minimum atomic E-state index is 0.511. The molecule has 1 aliphatic rings. The van der Waals surface area contributed by atoms with Crippen LogP contribution in [0.5, 0.6) is 0 Å². The zero-order valence-corrected chi connectivity index (χ0v) is 11.8. The molecule has 0 aliphatic heterocycles. The molecule has 0 amide bonds. The highest BCUT2D eigenvalue weighted by molar-refractivity contribution is 5.46. The van der Waals surface area contributed by atoms with Crippen LogP contribution in [0.4, 0.5) is 5.82 Å². The first-order valence-electron chi connectivity index (χ1n) is 7.13. The molecule has 1 saturated carbocycles. The van der Waals surface area contributed by atoms with Crippen molar-refractivity contribution in [2.24, 2.45) is 5.92 Å². The quantitative estimate of drug-likeness (QED) is 0.803. The Morgan fingerprint density at radius 2 is 2.22 bits per heavy atom. The smallest absolute Gasteiger partial charge is 0.133 e. The van der Waals surface area contributed by atoms with Gasteiger partial charge in [-0.25, -0.2) is 4.98 Å². The molecule has 1 aromatic heterocycles. The molecule has 0 aromatic carbocycles. The first kappa shape index (κ1) is 13.3. The topological polar surface area (TPSA) is 28.2 Å². The van der Waals surface area contributed by atoms with Crippen molar-refractivity contribution in [3.63, 3.8) is 0 Å². The molecular formula is C15H25N3. The van der Waals surface area contributed by atoms with E-state index in [9.17, 15) is 0 Å². The van der Waals surface area contributed by atoms with Gasteiger partial charge in [-0.05, 0) is 31.7 Å². The summed E-state index contributed by atoms with van der Waals surface area (Å²) in [6.45, 7) is 9.69. The Kier molecular flexibility index (Phi) is 4.59. The summed E-state index contributed by atoms with van der Waals surface area (Å²) >= 11 is 0. The Labute approximate surface area is 111 Å². The first-order chi connectivity index (χ1) is 8.70. The molecule has 0 unspecified atom stereocenters. The van der Waals surface area contributed by atoms with Crippen molar-refractivity contribution in [2.75, 3.05) is 18.0 Å². The van der Waals surface area contributed by atoms with Crippen LogP contribution in [0.2, 0.25) is 0 Å². The molecule has 1 aromatic rings. The molecule has 100 valence electrons. The highest BCUT2D eigenvalue weighted by Crippen LogP contribution is 2.31. The number of rotatable bonds is 7. The first-order valence-corrected chi connectivity index (χ1v) is 7.13. The normalized spacial score (nSPS) is 15.1. The third kappa shape index (κ3) is 3.70. The fraction of sp³-hybridized carbons (Fsp3) is 0.667. The van der Waals surface area contributed by atoms with Crippen LogP contribution in [0.25, 0.3) is 0 Å². The summed E-state index contributed by atoms with van der Waals surface area (Å²) in [4.78, 5) is 7.02. The van der Waals surface area contributed by atoms with Crippen molar-refractivity contribution in [1.82, 2.24) is 10.3 Å².